The van der Waals surface area contributed by atoms with Crippen LogP contribution < -0.4 is 5.73 Å². The summed E-state index contributed by atoms with van der Waals surface area (Å²) in [5, 5.41) is -0.0975. The van der Waals surface area contributed by atoms with Crippen molar-refractivity contribution in [1.29, 1.82) is 0 Å². The van der Waals surface area contributed by atoms with E-state index in [1.807, 2.05) is 6.07 Å². The van der Waals surface area contributed by atoms with Gasteiger partial charge in [0.2, 0.25) is 0 Å². The number of thiophene rings is 1. The molecule has 0 saturated heterocycles. The molecule has 0 atom stereocenters. The quantitative estimate of drug-likeness (QED) is 0.722. The maximum absolute atomic E-state index is 12.6. The summed E-state index contributed by atoms with van der Waals surface area (Å²) in [4.78, 5) is 1.12. The molecule has 1 aliphatic carbocycles. The van der Waals surface area contributed by atoms with Crippen LogP contribution in [0.3, 0.4) is 0 Å². The molecule has 3 heteroatoms. The smallest absolute Gasteiger partial charge is 0.176 e. The molecule has 1 aromatic heterocycles. The zero-order valence-electron chi connectivity index (χ0n) is 6.14. The van der Waals surface area contributed by atoms with Crippen LogP contribution in [0.5, 0.6) is 0 Å². The molecule has 0 aliphatic heterocycles. The first-order chi connectivity index (χ1) is 5.27. The number of nitrogens with two attached hydrogens (primary N) is 1. The van der Waals surface area contributed by atoms with Crippen molar-refractivity contribution in [3.8, 4) is 0 Å². The van der Waals surface area contributed by atoms with Crippen LogP contribution in [0.25, 0.3) is 0 Å². The molecule has 11 heavy (non-hydrogen) atoms. The highest BCUT2D eigenvalue weighted by atomic mass is 32.1. The monoisotopic (exact) mass is 171 g/mol. The third-order valence-corrected chi connectivity index (χ3v) is 3.46. The minimum Gasteiger partial charge on any atom is -0.330 e. The second kappa shape index (κ2) is 2.29. The van der Waals surface area contributed by atoms with Gasteiger partial charge in [0, 0.05) is 16.8 Å². The second-order valence-electron chi connectivity index (χ2n) is 3.09. The summed E-state index contributed by atoms with van der Waals surface area (Å²) in [7, 11) is 0. The van der Waals surface area contributed by atoms with Gasteiger partial charge in [0.05, 0.1) is 0 Å². The van der Waals surface area contributed by atoms with Gasteiger partial charge in [-0.15, -0.1) is 11.3 Å². The van der Waals surface area contributed by atoms with E-state index < -0.39 is 0 Å². The van der Waals surface area contributed by atoms with Crippen LogP contribution in [0.2, 0.25) is 0 Å². The van der Waals surface area contributed by atoms with Crippen LogP contribution in [0, 0.1) is 5.13 Å². The van der Waals surface area contributed by atoms with E-state index in [0.717, 1.165) is 17.7 Å². The fourth-order valence-corrected chi connectivity index (χ4v) is 2.29. The van der Waals surface area contributed by atoms with Crippen molar-refractivity contribution in [3.05, 3.63) is 22.1 Å². The van der Waals surface area contributed by atoms with Crippen LogP contribution in [-0.4, -0.2) is 6.54 Å². The third kappa shape index (κ3) is 1.08. The van der Waals surface area contributed by atoms with Crippen molar-refractivity contribution in [2.24, 2.45) is 5.73 Å². The van der Waals surface area contributed by atoms with E-state index in [9.17, 15) is 4.39 Å². The lowest BCUT2D eigenvalue weighted by atomic mass is 10.1. The molecule has 0 spiro atoms. The van der Waals surface area contributed by atoms with Crippen molar-refractivity contribution >= 4 is 11.3 Å². The zero-order valence-corrected chi connectivity index (χ0v) is 6.96. The molecule has 1 aromatic rings. The predicted octanol–water partition coefficient (Wildman–Crippen LogP) is 1.88. The van der Waals surface area contributed by atoms with Crippen molar-refractivity contribution in [3.63, 3.8) is 0 Å². The SMILES string of the molecule is NCC1(c2ccc(F)s2)CC1. The van der Waals surface area contributed by atoms with Crippen LogP contribution >= 0.6 is 11.3 Å². The Balaban J connectivity index is 2.29. The van der Waals surface area contributed by atoms with Crippen LogP contribution in [-0.2, 0) is 5.41 Å². The lowest BCUT2D eigenvalue weighted by molar-refractivity contribution is 0.657. The molecule has 1 fully saturated rings. The average molecular weight is 171 g/mol. The van der Waals surface area contributed by atoms with Gasteiger partial charge < -0.3 is 5.73 Å². The zero-order chi connectivity index (χ0) is 7.90. The number of rotatable bonds is 2. The Hall–Kier alpha value is -0.410. The average Bonchev–Trinajstić information content (AvgIpc) is 2.70. The van der Waals surface area contributed by atoms with Gasteiger partial charge in [-0.1, -0.05) is 0 Å². The summed E-state index contributed by atoms with van der Waals surface area (Å²) in [6.45, 7) is 0.660. The van der Waals surface area contributed by atoms with Crippen molar-refractivity contribution in [1.82, 2.24) is 0 Å². The summed E-state index contributed by atoms with van der Waals surface area (Å²) in [6.07, 6.45) is 2.26. The van der Waals surface area contributed by atoms with Crippen LogP contribution in [0.15, 0.2) is 12.1 Å². The molecule has 60 valence electrons. The van der Waals surface area contributed by atoms with Crippen molar-refractivity contribution in [2.45, 2.75) is 18.3 Å². The molecule has 0 aromatic carbocycles. The van der Waals surface area contributed by atoms with Gasteiger partial charge in [-0.2, -0.15) is 4.39 Å². The minimum atomic E-state index is -0.0975. The number of halogens is 1. The molecule has 0 unspecified atom stereocenters. The van der Waals surface area contributed by atoms with Gasteiger partial charge in [-0.25, -0.2) is 0 Å². The molecule has 2 rings (SSSR count). The van der Waals surface area contributed by atoms with E-state index in [1.165, 1.54) is 17.4 Å². The summed E-state index contributed by atoms with van der Waals surface area (Å²) in [5.41, 5.74) is 5.76. The Bertz CT molecular complexity index is 265. The molecule has 1 nitrogen and oxygen atoms in total. The summed E-state index contributed by atoms with van der Waals surface area (Å²) in [6, 6.07) is 3.38. The van der Waals surface area contributed by atoms with E-state index in [0.29, 0.717) is 6.54 Å². The van der Waals surface area contributed by atoms with Gasteiger partial charge >= 0.3 is 0 Å². The number of hydrogen-bond acceptors (Lipinski definition) is 2. The summed E-state index contributed by atoms with van der Waals surface area (Å²) < 4.78 is 12.6. The molecule has 0 radical (unpaired) electrons. The summed E-state index contributed by atoms with van der Waals surface area (Å²) in [5.74, 6) is 0. The van der Waals surface area contributed by atoms with Crippen molar-refractivity contribution in [2.75, 3.05) is 6.54 Å². The maximum atomic E-state index is 12.6. The maximum Gasteiger partial charge on any atom is 0.176 e. The number of hydrogen-bond donors (Lipinski definition) is 1. The Morgan fingerprint density at radius 1 is 1.55 bits per heavy atom. The molecular weight excluding hydrogens is 161 g/mol. The van der Waals surface area contributed by atoms with Crippen LogP contribution in [0.4, 0.5) is 4.39 Å². The molecule has 2 N–H and O–H groups in total. The normalized spacial score (nSPS) is 20.2. The molecular formula is C8H10FNS. The molecule has 0 bridgehead atoms. The Kier molecular flexibility index (Phi) is 1.51. The van der Waals surface area contributed by atoms with Crippen molar-refractivity contribution < 1.29 is 4.39 Å². The topological polar surface area (TPSA) is 26.0 Å². The summed E-state index contributed by atoms with van der Waals surface area (Å²) >= 11 is 1.24. The molecule has 1 aliphatic rings. The van der Waals surface area contributed by atoms with Gasteiger partial charge in [-0.3, -0.25) is 0 Å². The van der Waals surface area contributed by atoms with Gasteiger partial charge in [0.15, 0.2) is 5.13 Å². The molecule has 0 amide bonds. The Morgan fingerprint density at radius 2 is 2.27 bits per heavy atom. The van der Waals surface area contributed by atoms with E-state index >= 15 is 0 Å². The Morgan fingerprint density at radius 3 is 2.64 bits per heavy atom. The van der Waals surface area contributed by atoms with Gasteiger partial charge in [0.1, 0.15) is 0 Å². The minimum absolute atomic E-state index is 0.0975. The molecule has 1 heterocycles. The van der Waals surface area contributed by atoms with Gasteiger partial charge in [-0.05, 0) is 25.0 Å². The van der Waals surface area contributed by atoms with Gasteiger partial charge in [0.25, 0.3) is 0 Å². The first-order valence-corrected chi connectivity index (χ1v) is 4.54. The highest BCUT2D eigenvalue weighted by molar-refractivity contribution is 7.10. The second-order valence-corrected chi connectivity index (χ2v) is 4.12. The first-order valence-electron chi connectivity index (χ1n) is 3.73. The highest BCUT2D eigenvalue weighted by Gasteiger charge is 2.44. The lowest BCUT2D eigenvalue weighted by Crippen LogP contribution is -2.18. The van der Waals surface area contributed by atoms with Crippen LogP contribution in [0.1, 0.15) is 17.7 Å². The highest BCUT2D eigenvalue weighted by Crippen LogP contribution is 2.49. The third-order valence-electron chi connectivity index (χ3n) is 2.34. The fourth-order valence-electron chi connectivity index (χ4n) is 1.30. The van der Waals surface area contributed by atoms with E-state index in [4.69, 9.17) is 5.73 Å². The Labute approximate surface area is 69.0 Å². The predicted molar refractivity (Wildman–Crippen MR) is 44.2 cm³/mol. The lowest BCUT2D eigenvalue weighted by Gasteiger charge is -2.07. The standard InChI is InChI=1S/C8H10FNS/c9-7-2-1-6(11-7)8(5-10)3-4-8/h1-2H,3-5,10H2. The van der Waals surface area contributed by atoms with E-state index in [2.05, 4.69) is 0 Å². The molecule has 1 saturated carbocycles. The van der Waals surface area contributed by atoms with E-state index in [-0.39, 0.29) is 10.5 Å². The largest absolute Gasteiger partial charge is 0.330 e. The first kappa shape index (κ1) is 7.25. The fraction of sp³-hybridized carbons (Fsp3) is 0.500. The van der Waals surface area contributed by atoms with E-state index in [1.54, 1.807) is 0 Å².